The molecule has 0 aliphatic carbocycles. The van der Waals surface area contributed by atoms with E-state index in [0.29, 0.717) is 5.02 Å². The summed E-state index contributed by atoms with van der Waals surface area (Å²) in [6.07, 6.45) is 2.00. The van der Waals surface area contributed by atoms with E-state index in [-0.39, 0.29) is 12.0 Å². The molecular formula is C15H13ClN2S. The molecule has 0 saturated heterocycles. The molecular weight excluding hydrogens is 276 g/mol. The molecule has 19 heavy (non-hydrogen) atoms. The summed E-state index contributed by atoms with van der Waals surface area (Å²) in [5.41, 5.74) is 2.09. The Morgan fingerprint density at radius 3 is 3.00 bits per heavy atom. The Bertz CT molecular complexity index is 629. The van der Waals surface area contributed by atoms with E-state index in [1.54, 1.807) is 11.3 Å². The number of nitriles is 1. The molecule has 0 amide bonds. The van der Waals surface area contributed by atoms with Crippen LogP contribution in [0.3, 0.4) is 0 Å². The Hall–Kier alpha value is -1.50. The van der Waals surface area contributed by atoms with Crippen LogP contribution in [-0.4, -0.2) is 6.04 Å². The summed E-state index contributed by atoms with van der Waals surface area (Å²) in [4.78, 5) is 1.38. The highest BCUT2D eigenvalue weighted by atomic mass is 35.5. The number of hydrogen-bond acceptors (Lipinski definition) is 3. The molecule has 2 unspecified atom stereocenters. The lowest BCUT2D eigenvalue weighted by atomic mass is 9.87. The number of halogens is 1. The van der Waals surface area contributed by atoms with E-state index < -0.39 is 0 Å². The van der Waals surface area contributed by atoms with Crippen molar-refractivity contribution in [2.45, 2.75) is 24.8 Å². The fraction of sp³-hybridized carbons (Fsp3) is 0.267. The van der Waals surface area contributed by atoms with Gasteiger partial charge in [-0.05, 0) is 35.9 Å². The molecule has 1 aliphatic heterocycles. The third-order valence-electron chi connectivity index (χ3n) is 3.55. The summed E-state index contributed by atoms with van der Waals surface area (Å²) in [6.45, 7) is 0. The minimum atomic E-state index is -0.207. The van der Waals surface area contributed by atoms with Gasteiger partial charge in [-0.2, -0.15) is 5.26 Å². The lowest BCUT2D eigenvalue weighted by Crippen LogP contribution is -2.30. The van der Waals surface area contributed by atoms with Crippen LogP contribution in [0.25, 0.3) is 0 Å². The standard InChI is InChI=1S/C15H13ClN2S/c16-12-4-2-1-3-10(12)11(9-17)13-5-6-15-14(18-13)7-8-19-15/h1-4,7-8,11,13,18H,5-6H2. The van der Waals surface area contributed by atoms with Crippen molar-refractivity contribution in [1.82, 2.24) is 0 Å². The number of rotatable bonds is 2. The maximum atomic E-state index is 9.51. The number of anilines is 1. The third-order valence-corrected chi connectivity index (χ3v) is 4.88. The molecule has 1 N–H and O–H groups in total. The van der Waals surface area contributed by atoms with Crippen LogP contribution in [0, 0.1) is 11.3 Å². The van der Waals surface area contributed by atoms with Gasteiger partial charge in [-0.15, -0.1) is 11.3 Å². The van der Waals surface area contributed by atoms with Crippen molar-refractivity contribution < 1.29 is 0 Å². The summed E-state index contributed by atoms with van der Waals surface area (Å²) in [5.74, 6) is -0.207. The van der Waals surface area contributed by atoms with Crippen molar-refractivity contribution in [2.75, 3.05) is 5.32 Å². The molecule has 0 fully saturated rings. The maximum Gasteiger partial charge on any atom is 0.0928 e. The van der Waals surface area contributed by atoms with Gasteiger partial charge in [0.05, 0.1) is 12.0 Å². The van der Waals surface area contributed by atoms with Crippen LogP contribution in [0.15, 0.2) is 35.7 Å². The van der Waals surface area contributed by atoms with E-state index in [2.05, 4.69) is 22.8 Å². The van der Waals surface area contributed by atoms with Gasteiger partial charge in [0.1, 0.15) is 0 Å². The first-order chi connectivity index (χ1) is 9.29. The van der Waals surface area contributed by atoms with Crippen molar-refractivity contribution in [3.63, 3.8) is 0 Å². The van der Waals surface area contributed by atoms with Gasteiger partial charge in [0.15, 0.2) is 0 Å². The first kappa shape index (κ1) is 12.5. The zero-order chi connectivity index (χ0) is 13.2. The maximum absolute atomic E-state index is 9.51. The number of hydrogen-bond donors (Lipinski definition) is 1. The average Bonchev–Trinajstić information content (AvgIpc) is 2.89. The Labute approximate surface area is 121 Å². The largest absolute Gasteiger partial charge is 0.380 e. The first-order valence-electron chi connectivity index (χ1n) is 6.26. The highest BCUT2D eigenvalue weighted by Gasteiger charge is 2.28. The van der Waals surface area contributed by atoms with Crippen LogP contribution in [0.5, 0.6) is 0 Å². The summed E-state index contributed by atoms with van der Waals surface area (Å²) in [5, 5.41) is 15.8. The molecule has 1 aromatic carbocycles. The normalized spacial score (nSPS) is 19.1. The van der Waals surface area contributed by atoms with Gasteiger partial charge in [-0.3, -0.25) is 0 Å². The lowest BCUT2D eigenvalue weighted by Gasteiger charge is -2.29. The molecule has 2 heterocycles. The van der Waals surface area contributed by atoms with Gasteiger partial charge in [0.2, 0.25) is 0 Å². The number of thiophene rings is 1. The number of fused-ring (bicyclic) bond motifs is 1. The SMILES string of the molecule is N#CC(c1ccccc1Cl)C1CCc2sccc2N1. The molecule has 2 aromatic rings. The van der Waals surface area contributed by atoms with E-state index in [0.717, 1.165) is 18.4 Å². The molecule has 0 radical (unpaired) electrons. The smallest absolute Gasteiger partial charge is 0.0928 e. The molecule has 0 bridgehead atoms. The Kier molecular flexibility index (Phi) is 3.46. The average molecular weight is 289 g/mol. The summed E-state index contributed by atoms with van der Waals surface area (Å²) >= 11 is 7.99. The van der Waals surface area contributed by atoms with Crippen molar-refractivity contribution >= 4 is 28.6 Å². The van der Waals surface area contributed by atoms with Crippen LogP contribution >= 0.6 is 22.9 Å². The van der Waals surface area contributed by atoms with Crippen molar-refractivity contribution in [1.29, 1.82) is 5.26 Å². The predicted octanol–water partition coefficient (Wildman–Crippen LogP) is 4.44. The molecule has 0 spiro atoms. The predicted molar refractivity (Wildman–Crippen MR) is 79.9 cm³/mol. The van der Waals surface area contributed by atoms with Crippen LogP contribution < -0.4 is 5.32 Å². The highest BCUT2D eigenvalue weighted by Crippen LogP contribution is 2.36. The van der Waals surface area contributed by atoms with Crippen LogP contribution in [0.2, 0.25) is 5.02 Å². The molecule has 0 saturated carbocycles. The van der Waals surface area contributed by atoms with Crippen molar-refractivity contribution in [3.8, 4) is 6.07 Å². The number of benzene rings is 1. The molecule has 96 valence electrons. The third kappa shape index (κ3) is 2.34. The van der Waals surface area contributed by atoms with E-state index in [9.17, 15) is 5.26 Å². The van der Waals surface area contributed by atoms with Crippen LogP contribution in [0.4, 0.5) is 5.69 Å². The van der Waals surface area contributed by atoms with Gasteiger partial charge < -0.3 is 5.32 Å². The van der Waals surface area contributed by atoms with Gasteiger partial charge >= 0.3 is 0 Å². The summed E-state index contributed by atoms with van der Waals surface area (Å²) < 4.78 is 0. The number of nitrogens with one attached hydrogen (secondary N) is 1. The molecule has 3 rings (SSSR count). The summed E-state index contributed by atoms with van der Waals surface area (Å²) in [7, 11) is 0. The van der Waals surface area contributed by atoms with Gasteiger partial charge in [-0.1, -0.05) is 29.8 Å². The number of aryl methyl sites for hydroxylation is 1. The second-order valence-electron chi connectivity index (χ2n) is 4.68. The monoisotopic (exact) mass is 288 g/mol. The second kappa shape index (κ2) is 5.24. The van der Waals surface area contributed by atoms with E-state index in [1.165, 1.54) is 10.6 Å². The van der Waals surface area contributed by atoms with Crippen molar-refractivity contribution in [3.05, 3.63) is 51.2 Å². The van der Waals surface area contributed by atoms with Crippen LogP contribution in [-0.2, 0) is 6.42 Å². The minimum absolute atomic E-state index is 0.131. The summed E-state index contributed by atoms with van der Waals surface area (Å²) in [6, 6.07) is 12.3. The van der Waals surface area contributed by atoms with Gasteiger partial charge in [-0.25, -0.2) is 0 Å². The molecule has 1 aromatic heterocycles. The first-order valence-corrected chi connectivity index (χ1v) is 7.52. The van der Waals surface area contributed by atoms with E-state index >= 15 is 0 Å². The van der Waals surface area contributed by atoms with Gasteiger partial charge in [0, 0.05) is 21.6 Å². The van der Waals surface area contributed by atoms with Crippen LogP contribution in [0.1, 0.15) is 22.8 Å². The zero-order valence-corrected chi connectivity index (χ0v) is 11.8. The lowest BCUT2D eigenvalue weighted by molar-refractivity contribution is 0.591. The second-order valence-corrected chi connectivity index (χ2v) is 6.08. The van der Waals surface area contributed by atoms with Crippen molar-refractivity contribution in [2.24, 2.45) is 0 Å². The molecule has 2 nitrogen and oxygen atoms in total. The number of nitrogens with zero attached hydrogens (tertiary/aromatic N) is 1. The van der Waals surface area contributed by atoms with E-state index in [1.807, 2.05) is 24.3 Å². The molecule has 1 aliphatic rings. The minimum Gasteiger partial charge on any atom is -0.380 e. The highest BCUT2D eigenvalue weighted by molar-refractivity contribution is 7.10. The van der Waals surface area contributed by atoms with E-state index in [4.69, 9.17) is 11.6 Å². The molecule has 2 atom stereocenters. The topological polar surface area (TPSA) is 35.8 Å². The quantitative estimate of drug-likeness (QED) is 0.887. The molecule has 4 heteroatoms. The zero-order valence-electron chi connectivity index (χ0n) is 10.3. The fourth-order valence-electron chi connectivity index (χ4n) is 2.57. The van der Waals surface area contributed by atoms with Gasteiger partial charge in [0.25, 0.3) is 0 Å². The Morgan fingerprint density at radius 2 is 2.21 bits per heavy atom. The Balaban J connectivity index is 1.89. The fourth-order valence-corrected chi connectivity index (χ4v) is 3.69. The Morgan fingerprint density at radius 1 is 1.37 bits per heavy atom.